The van der Waals surface area contributed by atoms with Gasteiger partial charge in [0.15, 0.2) is 0 Å². The van der Waals surface area contributed by atoms with Crippen LogP contribution in [0.25, 0.3) is 0 Å². The van der Waals surface area contributed by atoms with Gasteiger partial charge in [-0.2, -0.15) is 0 Å². The van der Waals surface area contributed by atoms with Crippen molar-refractivity contribution in [2.24, 2.45) is 5.92 Å². The fourth-order valence-electron chi connectivity index (χ4n) is 1.49. The van der Waals surface area contributed by atoms with Crippen molar-refractivity contribution in [2.45, 2.75) is 39.2 Å². The van der Waals surface area contributed by atoms with Crippen LogP contribution in [0.5, 0.6) is 0 Å². The zero-order valence-electron chi connectivity index (χ0n) is 9.68. The second-order valence-electron chi connectivity index (χ2n) is 3.64. The summed E-state index contributed by atoms with van der Waals surface area (Å²) in [4.78, 5) is 0. The third kappa shape index (κ3) is 7.90. The molecule has 0 bridgehead atoms. The van der Waals surface area contributed by atoms with E-state index in [0.717, 1.165) is 12.8 Å². The maximum Gasteiger partial charge on any atom is 0.522 e. The van der Waals surface area contributed by atoms with Crippen LogP contribution < -0.4 is 5.32 Å². The molecule has 0 aromatic carbocycles. The molecule has 0 heterocycles. The first-order chi connectivity index (χ1) is 7.40. The average molecular weight is 243 g/mol. The highest BCUT2D eigenvalue weighted by atomic mass is 19.4. The molecule has 3 nitrogen and oxygen atoms in total. The Morgan fingerprint density at radius 2 is 1.81 bits per heavy atom. The van der Waals surface area contributed by atoms with Gasteiger partial charge in [0.05, 0.1) is 12.7 Å². The van der Waals surface area contributed by atoms with Crippen LogP contribution in [0.1, 0.15) is 26.7 Å². The fraction of sp³-hybridized carbons (Fsp3) is 1.00. The van der Waals surface area contributed by atoms with Gasteiger partial charge >= 0.3 is 6.36 Å². The summed E-state index contributed by atoms with van der Waals surface area (Å²) in [6, 6.07) is 0. The van der Waals surface area contributed by atoms with Crippen molar-refractivity contribution in [1.82, 2.24) is 5.32 Å². The lowest BCUT2D eigenvalue weighted by atomic mass is 9.97. The summed E-state index contributed by atoms with van der Waals surface area (Å²) in [5.41, 5.74) is 0. The van der Waals surface area contributed by atoms with Gasteiger partial charge in [0, 0.05) is 13.1 Å². The Balaban J connectivity index is 3.51. The fourth-order valence-corrected chi connectivity index (χ4v) is 1.49. The summed E-state index contributed by atoms with van der Waals surface area (Å²) >= 11 is 0. The molecule has 2 N–H and O–H groups in total. The zero-order valence-corrected chi connectivity index (χ0v) is 9.68. The maximum absolute atomic E-state index is 11.6. The predicted molar refractivity (Wildman–Crippen MR) is 55.0 cm³/mol. The smallest absolute Gasteiger partial charge is 0.392 e. The first-order valence-corrected chi connectivity index (χ1v) is 5.50. The highest BCUT2D eigenvalue weighted by Crippen LogP contribution is 2.15. The minimum absolute atomic E-state index is 0.0801. The van der Waals surface area contributed by atoms with Gasteiger partial charge < -0.3 is 10.4 Å². The quantitative estimate of drug-likeness (QED) is 0.640. The van der Waals surface area contributed by atoms with Crippen molar-refractivity contribution >= 4 is 0 Å². The molecule has 6 heteroatoms. The van der Waals surface area contributed by atoms with Crippen LogP contribution in [0.2, 0.25) is 0 Å². The summed E-state index contributed by atoms with van der Waals surface area (Å²) in [6.07, 6.45) is -3.37. The number of alkyl halides is 3. The lowest BCUT2D eigenvalue weighted by Crippen LogP contribution is -2.34. The van der Waals surface area contributed by atoms with E-state index in [-0.39, 0.29) is 12.5 Å². The molecule has 1 atom stereocenters. The Morgan fingerprint density at radius 3 is 2.25 bits per heavy atom. The zero-order chi connectivity index (χ0) is 12.6. The molecule has 98 valence electrons. The van der Waals surface area contributed by atoms with E-state index in [0.29, 0.717) is 6.54 Å². The van der Waals surface area contributed by atoms with E-state index in [1.54, 1.807) is 0 Å². The lowest BCUT2D eigenvalue weighted by Gasteiger charge is -2.20. The molecule has 0 saturated carbocycles. The average Bonchev–Trinajstić information content (AvgIpc) is 2.17. The van der Waals surface area contributed by atoms with Gasteiger partial charge in [0.25, 0.3) is 0 Å². The minimum Gasteiger partial charge on any atom is -0.392 e. The number of aliphatic hydroxyl groups excluding tert-OH is 1. The normalized spacial score (nSPS) is 14.4. The van der Waals surface area contributed by atoms with Crippen molar-refractivity contribution in [2.75, 3.05) is 19.7 Å². The van der Waals surface area contributed by atoms with Crippen molar-refractivity contribution in [3.63, 3.8) is 0 Å². The van der Waals surface area contributed by atoms with Gasteiger partial charge in [-0.3, -0.25) is 4.74 Å². The Hall–Kier alpha value is -0.330. The Labute approximate surface area is 94.0 Å². The summed E-state index contributed by atoms with van der Waals surface area (Å²) in [6.45, 7) is 3.90. The van der Waals surface area contributed by atoms with Crippen LogP contribution in [0.15, 0.2) is 0 Å². The van der Waals surface area contributed by atoms with Crippen molar-refractivity contribution in [3.8, 4) is 0 Å². The van der Waals surface area contributed by atoms with Gasteiger partial charge in [-0.1, -0.05) is 26.7 Å². The first-order valence-electron chi connectivity index (χ1n) is 5.50. The van der Waals surface area contributed by atoms with Gasteiger partial charge in [0.2, 0.25) is 0 Å². The van der Waals surface area contributed by atoms with E-state index in [1.807, 2.05) is 13.8 Å². The van der Waals surface area contributed by atoms with Crippen molar-refractivity contribution in [3.05, 3.63) is 0 Å². The maximum atomic E-state index is 11.6. The highest BCUT2D eigenvalue weighted by molar-refractivity contribution is 4.68. The molecule has 0 amide bonds. The Bertz CT molecular complexity index is 172. The van der Waals surface area contributed by atoms with E-state index in [1.165, 1.54) is 0 Å². The molecule has 0 fully saturated rings. The molecule has 0 rings (SSSR count). The second-order valence-corrected chi connectivity index (χ2v) is 3.64. The van der Waals surface area contributed by atoms with E-state index in [4.69, 9.17) is 0 Å². The first kappa shape index (κ1) is 15.7. The molecule has 1 unspecified atom stereocenters. The van der Waals surface area contributed by atoms with Crippen molar-refractivity contribution < 1.29 is 23.0 Å². The van der Waals surface area contributed by atoms with Crippen molar-refractivity contribution in [1.29, 1.82) is 0 Å². The predicted octanol–water partition coefficient (Wildman–Crippen LogP) is 1.91. The minimum atomic E-state index is -4.57. The van der Waals surface area contributed by atoms with Crippen LogP contribution in [0, 0.1) is 5.92 Å². The van der Waals surface area contributed by atoms with Gasteiger partial charge in [-0.15, -0.1) is 13.2 Å². The number of halogens is 3. The number of ether oxygens (including phenoxy) is 1. The topological polar surface area (TPSA) is 41.5 Å². The molecule has 16 heavy (non-hydrogen) atoms. The molecule has 0 saturated heterocycles. The number of nitrogens with one attached hydrogen (secondary N) is 1. The third-order valence-electron chi connectivity index (χ3n) is 2.49. The van der Waals surface area contributed by atoms with Crippen LogP contribution in [-0.4, -0.2) is 37.3 Å². The third-order valence-corrected chi connectivity index (χ3v) is 2.49. The molecule has 0 aromatic heterocycles. The molecule has 0 aliphatic rings. The largest absolute Gasteiger partial charge is 0.522 e. The molecular weight excluding hydrogens is 223 g/mol. The standard InChI is InChI=1S/C10H20F3NO2/c1-3-8(4-2)9(15)7-14-5-6-16-10(11,12)13/h8-9,14-15H,3-7H2,1-2H3. The summed E-state index contributed by atoms with van der Waals surface area (Å²) in [5, 5.41) is 12.4. The number of hydrogen-bond acceptors (Lipinski definition) is 3. The van der Waals surface area contributed by atoms with Crippen LogP contribution in [-0.2, 0) is 4.74 Å². The number of rotatable bonds is 8. The van der Waals surface area contributed by atoms with E-state index in [2.05, 4.69) is 10.1 Å². The number of aliphatic hydroxyl groups is 1. The van der Waals surface area contributed by atoms with Crippen LogP contribution in [0.3, 0.4) is 0 Å². The Kier molecular flexibility index (Phi) is 7.70. The van der Waals surface area contributed by atoms with Gasteiger partial charge in [0.1, 0.15) is 0 Å². The van der Waals surface area contributed by atoms with Crippen LogP contribution in [0.4, 0.5) is 13.2 Å². The highest BCUT2D eigenvalue weighted by Gasteiger charge is 2.28. The summed E-state index contributed by atoms with van der Waals surface area (Å²) < 4.78 is 38.3. The SMILES string of the molecule is CCC(CC)C(O)CNCCOC(F)(F)F. The molecule has 0 spiro atoms. The molecule has 0 aliphatic heterocycles. The summed E-state index contributed by atoms with van der Waals surface area (Å²) in [7, 11) is 0. The van der Waals surface area contributed by atoms with E-state index < -0.39 is 19.1 Å². The molecular formula is C10H20F3NO2. The lowest BCUT2D eigenvalue weighted by molar-refractivity contribution is -0.323. The Morgan fingerprint density at radius 1 is 1.25 bits per heavy atom. The molecule has 0 radical (unpaired) electrons. The van der Waals surface area contributed by atoms with E-state index in [9.17, 15) is 18.3 Å². The second kappa shape index (κ2) is 7.86. The van der Waals surface area contributed by atoms with Crippen LogP contribution >= 0.6 is 0 Å². The van der Waals surface area contributed by atoms with Gasteiger partial charge in [-0.05, 0) is 5.92 Å². The monoisotopic (exact) mass is 243 g/mol. The molecule has 0 aliphatic carbocycles. The molecule has 0 aromatic rings. The number of hydrogen-bond donors (Lipinski definition) is 2. The summed E-state index contributed by atoms with van der Waals surface area (Å²) in [5.74, 6) is 0.191. The van der Waals surface area contributed by atoms with E-state index >= 15 is 0 Å². The van der Waals surface area contributed by atoms with Gasteiger partial charge in [-0.25, -0.2) is 0 Å².